The van der Waals surface area contributed by atoms with Crippen molar-refractivity contribution in [2.45, 2.75) is 43.7 Å². The molecule has 0 aliphatic carbocycles. The Hall–Kier alpha value is -4.22. The summed E-state index contributed by atoms with van der Waals surface area (Å²) in [6.07, 6.45) is 2.06. The third-order valence-corrected chi connectivity index (χ3v) is 7.71. The normalized spacial score (nSPS) is 24.3. The highest BCUT2D eigenvalue weighted by atomic mass is 19.1. The number of hydrogen-bond donors (Lipinski definition) is 0. The number of rotatable bonds is 8. The van der Waals surface area contributed by atoms with Crippen molar-refractivity contribution in [3.05, 3.63) is 35.4 Å². The maximum Gasteiger partial charge on any atom is 0.256 e. The zero-order valence-electron chi connectivity index (χ0n) is 22.7. The second-order valence-electron chi connectivity index (χ2n) is 10.4. The molecule has 12 heteroatoms. The molecule has 2 aromatic carbocycles. The number of halogens is 2. The maximum atomic E-state index is 13.9. The average molecular weight is 569 g/mol. The second kappa shape index (κ2) is 11.0. The van der Waals surface area contributed by atoms with Gasteiger partial charge < -0.3 is 28.7 Å². The Bertz CT molecular complexity index is 1330. The van der Waals surface area contributed by atoms with E-state index in [0.29, 0.717) is 51.9 Å². The minimum atomic E-state index is -1.06. The zero-order valence-corrected chi connectivity index (χ0v) is 22.7. The van der Waals surface area contributed by atoms with Gasteiger partial charge in [-0.3, -0.25) is 19.6 Å². The van der Waals surface area contributed by atoms with Crippen LogP contribution in [0.1, 0.15) is 40.0 Å². The molecule has 0 radical (unpaired) electrons. The van der Waals surface area contributed by atoms with Gasteiger partial charge in [0.25, 0.3) is 11.8 Å². The summed E-state index contributed by atoms with van der Waals surface area (Å²) in [7, 11) is 2.96. The van der Waals surface area contributed by atoms with Crippen LogP contribution in [-0.2, 0) is 0 Å². The van der Waals surface area contributed by atoms with E-state index in [1.807, 2.05) is 0 Å². The molecule has 6 rings (SSSR count). The fourth-order valence-corrected chi connectivity index (χ4v) is 5.64. The predicted octanol–water partition coefficient (Wildman–Crippen LogP) is 4.09. The third kappa shape index (κ3) is 5.07. The lowest BCUT2D eigenvalue weighted by Gasteiger charge is -2.20. The largest absolute Gasteiger partial charge is 0.493 e. The van der Waals surface area contributed by atoms with E-state index in [1.165, 1.54) is 24.0 Å². The molecule has 216 valence electrons. The summed E-state index contributed by atoms with van der Waals surface area (Å²) in [5.41, 5.74) is 1.57. The minimum absolute atomic E-state index is 0.0473. The summed E-state index contributed by atoms with van der Waals surface area (Å²) in [6, 6.07) is 5.72. The van der Waals surface area contributed by atoms with Crippen LogP contribution in [-0.4, -0.2) is 99.0 Å². The molecule has 4 aliphatic rings. The summed E-state index contributed by atoms with van der Waals surface area (Å²) in [5.74, 6) is 1.03. The van der Waals surface area contributed by atoms with Crippen LogP contribution in [0.4, 0.5) is 20.2 Å². The van der Waals surface area contributed by atoms with Crippen LogP contribution in [0.5, 0.6) is 23.0 Å². The van der Waals surface area contributed by atoms with Crippen LogP contribution in [0.3, 0.4) is 0 Å². The van der Waals surface area contributed by atoms with Gasteiger partial charge in [-0.2, -0.15) is 0 Å². The van der Waals surface area contributed by atoms with Gasteiger partial charge in [0.2, 0.25) is 0 Å². The number of amides is 2. The molecule has 0 saturated carbocycles. The SMILES string of the molecule is COc1cc2c(cc1OCCCOc1cc3c(cc1OC)C(=O)N1C[C@H](F)C[C@H]1C=N3)N=C[C@@H]1C[C@@H](F)CN1C2=O. The molecule has 4 atom stereocenters. The molecular weight excluding hydrogens is 538 g/mol. The van der Waals surface area contributed by atoms with Gasteiger partial charge in [0.15, 0.2) is 23.0 Å². The van der Waals surface area contributed by atoms with Crippen molar-refractivity contribution < 1.29 is 37.3 Å². The molecule has 2 aromatic rings. The van der Waals surface area contributed by atoms with Crippen LogP contribution in [0.15, 0.2) is 34.3 Å². The van der Waals surface area contributed by atoms with Crippen molar-refractivity contribution in [3.8, 4) is 23.0 Å². The van der Waals surface area contributed by atoms with Crippen molar-refractivity contribution in [2.75, 3.05) is 40.5 Å². The van der Waals surface area contributed by atoms with Gasteiger partial charge in [0.05, 0.1) is 75.1 Å². The Balaban J connectivity index is 1.10. The van der Waals surface area contributed by atoms with E-state index in [1.54, 1.807) is 36.7 Å². The summed E-state index contributed by atoms with van der Waals surface area (Å²) >= 11 is 0. The number of alkyl halides is 2. The quantitative estimate of drug-likeness (QED) is 0.445. The van der Waals surface area contributed by atoms with Crippen LogP contribution in [0, 0.1) is 0 Å². The van der Waals surface area contributed by atoms with E-state index in [9.17, 15) is 18.4 Å². The number of nitrogens with zero attached hydrogens (tertiary/aromatic N) is 4. The molecule has 0 aromatic heterocycles. The van der Waals surface area contributed by atoms with E-state index in [2.05, 4.69) is 9.98 Å². The number of fused-ring (bicyclic) bond motifs is 4. The van der Waals surface area contributed by atoms with Gasteiger partial charge in [-0.15, -0.1) is 0 Å². The van der Waals surface area contributed by atoms with Gasteiger partial charge in [0, 0.05) is 43.8 Å². The highest BCUT2D eigenvalue weighted by molar-refractivity contribution is 6.04. The Labute approximate surface area is 235 Å². The molecular formula is C29H30F2N4O6. The molecule has 2 amide bonds. The first-order valence-corrected chi connectivity index (χ1v) is 13.5. The Kier molecular flexibility index (Phi) is 7.22. The number of ether oxygens (including phenoxy) is 4. The van der Waals surface area contributed by atoms with Crippen molar-refractivity contribution in [1.82, 2.24) is 9.80 Å². The molecule has 10 nitrogen and oxygen atoms in total. The third-order valence-electron chi connectivity index (χ3n) is 7.71. The molecule has 0 bridgehead atoms. The van der Waals surface area contributed by atoms with E-state index in [-0.39, 0.29) is 63.0 Å². The van der Waals surface area contributed by atoms with E-state index < -0.39 is 12.3 Å². The lowest BCUT2D eigenvalue weighted by atomic mass is 10.1. The first kappa shape index (κ1) is 27.0. The number of carbonyl (C=O) groups is 2. The maximum absolute atomic E-state index is 13.9. The molecule has 4 heterocycles. The molecule has 2 saturated heterocycles. The van der Waals surface area contributed by atoms with E-state index in [4.69, 9.17) is 18.9 Å². The fraction of sp³-hybridized carbons (Fsp3) is 0.448. The lowest BCUT2D eigenvalue weighted by Crippen LogP contribution is -2.35. The number of benzene rings is 2. The first-order chi connectivity index (χ1) is 19.9. The Morgan fingerprint density at radius 3 is 1.59 bits per heavy atom. The summed E-state index contributed by atoms with van der Waals surface area (Å²) in [5, 5.41) is 0. The van der Waals surface area contributed by atoms with Crippen LogP contribution in [0.2, 0.25) is 0 Å². The number of carbonyl (C=O) groups excluding carboxylic acids is 2. The molecule has 0 unspecified atom stereocenters. The second-order valence-corrected chi connectivity index (χ2v) is 10.4. The average Bonchev–Trinajstić information content (AvgIpc) is 3.48. The van der Waals surface area contributed by atoms with Gasteiger partial charge in [0.1, 0.15) is 12.3 Å². The highest BCUT2D eigenvalue weighted by Crippen LogP contribution is 2.40. The zero-order chi connectivity index (χ0) is 28.7. The monoisotopic (exact) mass is 568 g/mol. The molecule has 4 aliphatic heterocycles. The number of aliphatic imine (C=N–C) groups is 2. The molecule has 0 N–H and O–H groups in total. The topological polar surface area (TPSA) is 102 Å². The van der Waals surface area contributed by atoms with Crippen LogP contribution < -0.4 is 18.9 Å². The lowest BCUT2D eigenvalue weighted by molar-refractivity contribution is 0.0758. The van der Waals surface area contributed by atoms with Gasteiger partial charge in [-0.25, -0.2) is 8.78 Å². The Morgan fingerprint density at radius 1 is 0.732 bits per heavy atom. The van der Waals surface area contributed by atoms with Crippen molar-refractivity contribution in [3.63, 3.8) is 0 Å². The fourth-order valence-electron chi connectivity index (χ4n) is 5.64. The summed E-state index contributed by atoms with van der Waals surface area (Å²) < 4.78 is 50.6. The van der Waals surface area contributed by atoms with Crippen molar-refractivity contribution >= 4 is 35.6 Å². The van der Waals surface area contributed by atoms with Crippen LogP contribution >= 0.6 is 0 Å². The summed E-state index contributed by atoms with van der Waals surface area (Å²) in [4.78, 5) is 37.9. The minimum Gasteiger partial charge on any atom is -0.493 e. The smallest absolute Gasteiger partial charge is 0.256 e. The van der Waals surface area contributed by atoms with Gasteiger partial charge >= 0.3 is 0 Å². The van der Waals surface area contributed by atoms with Gasteiger partial charge in [-0.05, 0) is 12.1 Å². The van der Waals surface area contributed by atoms with Crippen LogP contribution in [0.25, 0.3) is 0 Å². The molecule has 2 fully saturated rings. The summed E-state index contributed by atoms with van der Waals surface area (Å²) in [6.45, 7) is 0.642. The Morgan fingerprint density at radius 2 is 1.17 bits per heavy atom. The number of hydrogen-bond acceptors (Lipinski definition) is 8. The molecule has 0 spiro atoms. The first-order valence-electron chi connectivity index (χ1n) is 13.5. The van der Waals surface area contributed by atoms with E-state index in [0.717, 1.165) is 0 Å². The number of methoxy groups -OCH3 is 2. The standard InChI is InChI=1S/C29H30F2N4O6/c1-38-24-8-20-22(32-12-18-6-16(30)14-34(18)28(20)36)10-26(24)40-4-3-5-41-27-11-23-21(9-25(27)39-2)29(37)35-15-17(31)7-19(35)13-33-23/h8-13,16-19H,3-7,14-15H2,1-2H3/t16-,17-,18+,19+/m1/s1. The predicted molar refractivity (Wildman–Crippen MR) is 147 cm³/mol. The van der Waals surface area contributed by atoms with Crippen molar-refractivity contribution in [1.29, 1.82) is 0 Å². The van der Waals surface area contributed by atoms with Gasteiger partial charge in [-0.1, -0.05) is 0 Å². The molecule has 41 heavy (non-hydrogen) atoms. The van der Waals surface area contributed by atoms with E-state index >= 15 is 0 Å². The van der Waals surface area contributed by atoms with Crippen molar-refractivity contribution in [2.24, 2.45) is 9.98 Å². The highest BCUT2D eigenvalue weighted by Gasteiger charge is 2.39.